The molecule has 3 rings (SSSR count). The number of fused-ring (bicyclic) bond motifs is 1. The highest BCUT2D eigenvalue weighted by atomic mass is 16.5. The number of hydrogen-bond acceptors (Lipinski definition) is 6. The van der Waals surface area contributed by atoms with E-state index in [9.17, 15) is 19.2 Å². The third-order valence-electron chi connectivity index (χ3n) is 4.70. The Kier molecular flexibility index (Phi) is 6.15. The van der Waals surface area contributed by atoms with Crippen molar-refractivity contribution in [2.45, 2.75) is 19.9 Å². The lowest BCUT2D eigenvalue weighted by molar-refractivity contribution is -0.152. The molecule has 1 aliphatic rings. The highest BCUT2D eigenvalue weighted by molar-refractivity contribution is 6.22. The molecule has 3 amide bonds. The van der Waals surface area contributed by atoms with Crippen LogP contribution in [0.2, 0.25) is 0 Å². The third kappa shape index (κ3) is 4.17. The predicted octanol–water partition coefficient (Wildman–Crippen LogP) is 2.50. The van der Waals surface area contributed by atoms with Crippen LogP contribution in [0, 0.1) is 5.92 Å². The van der Waals surface area contributed by atoms with Crippen LogP contribution in [0.25, 0.3) is 0 Å². The van der Waals surface area contributed by atoms with Crippen molar-refractivity contribution in [2.75, 3.05) is 19.0 Å². The van der Waals surface area contributed by atoms with Gasteiger partial charge >= 0.3 is 5.97 Å². The molecule has 2 aromatic rings. The first-order valence-electron chi connectivity index (χ1n) is 9.41. The molecule has 8 nitrogen and oxygen atoms in total. The van der Waals surface area contributed by atoms with Gasteiger partial charge in [-0.25, -0.2) is 4.79 Å². The second kappa shape index (κ2) is 8.77. The molecule has 0 aliphatic carbocycles. The summed E-state index contributed by atoms with van der Waals surface area (Å²) in [5.41, 5.74) is 1.01. The average molecular weight is 410 g/mol. The molecule has 30 heavy (non-hydrogen) atoms. The molecular weight excluding hydrogens is 388 g/mol. The van der Waals surface area contributed by atoms with Gasteiger partial charge in [-0.3, -0.25) is 19.3 Å². The summed E-state index contributed by atoms with van der Waals surface area (Å²) in [6.07, 6.45) is 0. The van der Waals surface area contributed by atoms with E-state index in [4.69, 9.17) is 9.47 Å². The Balaban J connectivity index is 1.65. The number of carbonyl (C=O) groups excluding carboxylic acids is 4. The highest BCUT2D eigenvalue weighted by Crippen LogP contribution is 2.27. The van der Waals surface area contributed by atoms with E-state index in [-0.39, 0.29) is 11.1 Å². The van der Waals surface area contributed by atoms with Gasteiger partial charge in [-0.2, -0.15) is 0 Å². The van der Waals surface area contributed by atoms with Gasteiger partial charge < -0.3 is 14.8 Å². The van der Waals surface area contributed by atoms with Crippen molar-refractivity contribution in [3.05, 3.63) is 59.7 Å². The van der Waals surface area contributed by atoms with Crippen LogP contribution in [-0.2, 0) is 14.3 Å². The van der Waals surface area contributed by atoms with Crippen LogP contribution in [0.4, 0.5) is 5.69 Å². The minimum absolute atomic E-state index is 0.248. The van der Waals surface area contributed by atoms with Crippen LogP contribution in [0.3, 0.4) is 0 Å². The van der Waals surface area contributed by atoms with Gasteiger partial charge in [0.1, 0.15) is 11.8 Å². The molecule has 0 aromatic heterocycles. The summed E-state index contributed by atoms with van der Waals surface area (Å²) in [7, 11) is 1.53. The number of rotatable bonds is 7. The van der Waals surface area contributed by atoms with Crippen molar-refractivity contribution >= 4 is 29.4 Å². The number of esters is 1. The lowest BCUT2D eigenvalue weighted by atomic mass is 10.0. The van der Waals surface area contributed by atoms with Crippen molar-refractivity contribution in [1.82, 2.24) is 4.90 Å². The number of ether oxygens (including phenoxy) is 2. The van der Waals surface area contributed by atoms with Gasteiger partial charge in [-0.15, -0.1) is 0 Å². The standard InChI is InChI=1S/C22H22N2O6/c1-13(2)19(24-20(26)16-6-4-5-7-17(16)21(24)27)22(28)30-12-18(25)23-14-8-10-15(29-3)11-9-14/h4-11,13,19H,12H2,1-3H3,(H,23,25)/t19-/m1/s1. The van der Waals surface area contributed by atoms with Gasteiger partial charge in [0.25, 0.3) is 17.7 Å². The predicted molar refractivity (Wildman–Crippen MR) is 108 cm³/mol. The van der Waals surface area contributed by atoms with Gasteiger partial charge in [0.05, 0.1) is 18.2 Å². The molecule has 0 radical (unpaired) electrons. The molecular formula is C22H22N2O6. The third-order valence-corrected chi connectivity index (χ3v) is 4.70. The molecule has 0 bridgehead atoms. The SMILES string of the molecule is COc1ccc(NC(=O)COC(=O)[C@@H](C(C)C)N2C(=O)c3ccccc3C2=O)cc1. The van der Waals surface area contributed by atoms with E-state index in [1.54, 1.807) is 62.4 Å². The van der Waals surface area contributed by atoms with Crippen LogP contribution >= 0.6 is 0 Å². The Bertz CT molecular complexity index is 948. The molecule has 2 aromatic carbocycles. The quantitative estimate of drug-likeness (QED) is 0.556. The number of nitrogens with one attached hydrogen (secondary N) is 1. The average Bonchev–Trinajstić information content (AvgIpc) is 2.98. The molecule has 0 fully saturated rings. The van der Waals surface area contributed by atoms with Crippen LogP contribution in [0.5, 0.6) is 5.75 Å². The fraction of sp³-hybridized carbons (Fsp3) is 0.273. The van der Waals surface area contributed by atoms with Crippen LogP contribution < -0.4 is 10.1 Å². The van der Waals surface area contributed by atoms with Crippen LogP contribution in [-0.4, -0.2) is 48.3 Å². The minimum Gasteiger partial charge on any atom is -0.497 e. The maximum Gasteiger partial charge on any atom is 0.330 e. The summed E-state index contributed by atoms with van der Waals surface area (Å²) in [5.74, 6) is -2.21. The Labute approximate surface area is 173 Å². The van der Waals surface area contributed by atoms with Gasteiger partial charge in [-0.1, -0.05) is 26.0 Å². The summed E-state index contributed by atoms with van der Waals surface area (Å²) in [5, 5.41) is 2.60. The molecule has 0 spiro atoms. The topological polar surface area (TPSA) is 102 Å². The molecule has 1 atom stereocenters. The van der Waals surface area contributed by atoms with Crippen LogP contribution in [0.15, 0.2) is 48.5 Å². The van der Waals surface area contributed by atoms with Crippen molar-refractivity contribution in [3.63, 3.8) is 0 Å². The Hall–Kier alpha value is -3.68. The number of methoxy groups -OCH3 is 1. The van der Waals surface area contributed by atoms with Crippen molar-refractivity contribution in [1.29, 1.82) is 0 Å². The maximum absolute atomic E-state index is 12.7. The number of amides is 3. The monoisotopic (exact) mass is 410 g/mol. The zero-order valence-electron chi connectivity index (χ0n) is 16.9. The largest absolute Gasteiger partial charge is 0.497 e. The fourth-order valence-corrected chi connectivity index (χ4v) is 3.23. The summed E-state index contributed by atoms with van der Waals surface area (Å²) < 4.78 is 10.2. The molecule has 156 valence electrons. The van der Waals surface area contributed by atoms with Crippen LogP contribution in [0.1, 0.15) is 34.6 Å². The molecule has 1 aliphatic heterocycles. The van der Waals surface area contributed by atoms with Gasteiger partial charge in [-0.05, 0) is 42.3 Å². The lowest BCUT2D eigenvalue weighted by Crippen LogP contribution is -2.49. The van der Waals surface area contributed by atoms with Gasteiger partial charge in [0.15, 0.2) is 6.61 Å². The Morgan fingerprint density at radius 3 is 2.03 bits per heavy atom. The maximum atomic E-state index is 12.7. The first kappa shape index (κ1) is 21.0. The second-order valence-electron chi connectivity index (χ2n) is 7.10. The van der Waals surface area contributed by atoms with Crippen molar-refractivity contribution in [2.24, 2.45) is 5.92 Å². The normalized spacial score (nSPS) is 13.8. The van der Waals surface area contributed by atoms with E-state index in [1.165, 1.54) is 7.11 Å². The number of benzene rings is 2. The molecule has 0 saturated heterocycles. The van der Waals surface area contributed by atoms with Crippen molar-refractivity contribution in [3.8, 4) is 5.75 Å². The smallest absolute Gasteiger partial charge is 0.330 e. The molecule has 1 heterocycles. The van der Waals surface area contributed by atoms with E-state index in [2.05, 4.69) is 5.32 Å². The summed E-state index contributed by atoms with van der Waals surface area (Å²) >= 11 is 0. The van der Waals surface area contributed by atoms with Gasteiger partial charge in [0.2, 0.25) is 0 Å². The lowest BCUT2D eigenvalue weighted by Gasteiger charge is -2.27. The highest BCUT2D eigenvalue weighted by Gasteiger charge is 2.44. The molecule has 0 saturated carbocycles. The number of imide groups is 1. The van der Waals surface area contributed by atoms with E-state index in [1.807, 2.05) is 0 Å². The Morgan fingerprint density at radius 2 is 1.53 bits per heavy atom. The number of anilines is 1. The summed E-state index contributed by atoms with van der Waals surface area (Å²) in [4.78, 5) is 51.1. The number of nitrogens with zero attached hydrogens (tertiary/aromatic N) is 1. The molecule has 1 N–H and O–H groups in total. The van der Waals surface area contributed by atoms with E-state index >= 15 is 0 Å². The number of hydrogen-bond donors (Lipinski definition) is 1. The molecule has 0 unspecified atom stereocenters. The summed E-state index contributed by atoms with van der Waals surface area (Å²) in [6, 6.07) is 11.9. The number of carbonyl (C=O) groups is 4. The van der Waals surface area contributed by atoms with E-state index < -0.39 is 42.3 Å². The second-order valence-corrected chi connectivity index (χ2v) is 7.10. The Morgan fingerprint density at radius 1 is 0.967 bits per heavy atom. The fourth-order valence-electron chi connectivity index (χ4n) is 3.23. The van der Waals surface area contributed by atoms with Crippen molar-refractivity contribution < 1.29 is 28.7 Å². The summed E-state index contributed by atoms with van der Waals surface area (Å²) in [6.45, 7) is 2.86. The van der Waals surface area contributed by atoms with Gasteiger partial charge in [0, 0.05) is 5.69 Å². The zero-order chi connectivity index (χ0) is 21.8. The first-order chi connectivity index (χ1) is 14.3. The minimum atomic E-state index is -1.13. The zero-order valence-corrected chi connectivity index (χ0v) is 16.9. The van der Waals surface area contributed by atoms with E-state index in [0.717, 1.165) is 4.90 Å². The first-order valence-corrected chi connectivity index (χ1v) is 9.41. The van der Waals surface area contributed by atoms with E-state index in [0.29, 0.717) is 11.4 Å². The molecule has 8 heteroatoms.